The third-order valence-electron chi connectivity index (χ3n) is 4.31. The topological polar surface area (TPSA) is 63.4 Å². The molecule has 0 radical (unpaired) electrons. The molecular weight excluding hydrogens is 352 g/mol. The smallest absolute Gasteiger partial charge is 0.244 e. The van der Waals surface area contributed by atoms with Gasteiger partial charge in [-0.15, -0.1) is 0 Å². The van der Waals surface area contributed by atoms with Crippen molar-refractivity contribution >= 4 is 26.0 Å². The molecule has 0 saturated heterocycles. The molecule has 0 spiro atoms. The summed E-state index contributed by atoms with van der Waals surface area (Å²) in [7, 11) is -1.78. The zero-order chi connectivity index (χ0) is 15.6. The van der Waals surface area contributed by atoms with Crippen LogP contribution in [0.25, 0.3) is 0 Å². The van der Waals surface area contributed by atoms with E-state index in [9.17, 15) is 8.42 Å². The Hall–Kier alpha value is -0.430. The van der Waals surface area contributed by atoms with Crippen molar-refractivity contribution in [2.24, 2.45) is 11.7 Å². The molecule has 118 valence electrons. The van der Waals surface area contributed by atoms with Gasteiger partial charge < -0.3 is 5.73 Å². The Morgan fingerprint density at radius 3 is 2.67 bits per heavy atom. The zero-order valence-corrected chi connectivity index (χ0v) is 15.0. The third kappa shape index (κ3) is 3.67. The van der Waals surface area contributed by atoms with Crippen LogP contribution in [0.5, 0.6) is 0 Å². The van der Waals surface area contributed by atoms with E-state index in [1.807, 2.05) is 0 Å². The molecule has 4 nitrogen and oxygen atoms in total. The maximum absolute atomic E-state index is 12.8. The fourth-order valence-electron chi connectivity index (χ4n) is 2.96. The van der Waals surface area contributed by atoms with Crippen molar-refractivity contribution in [2.45, 2.75) is 50.1 Å². The predicted molar refractivity (Wildman–Crippen MR) is 88.4 cm³/mol. The largest absolute Gasteiger partial charge is 0.326 e. The van der Waals surface area contributed by atoms with Gasteiger partial charge in [-0.25, -0.2) is 8.42 Å². The van der Waals surface area contributed by atoms with Crippen molar-refractivity contribution in [3.8, 4) is 0 Å². The molecular formula is C15H23BrN2O2S. The van der Waals surface area contributed by atoms with Gasteiger partial charge in [0.05, 0.1) is 4.90 Å². The van der Waals surface area contributed by atoms with Gasteiger partial charge in [0, 0.05) is 24.1 Å². The predicted octanol–water partition coefficient (Wildman–Crippen LogP) is 3.11. The maximum atomic E-state index is 12.8. The van der Waals surface area contributed by atoms with Gasteiger partial charge in [-0.3, -0.25) is 0 Å². The number of nitrogens with zero attached hydrogens (tertiary/aromatic N) is 1. The Balaban J connectivity index is 2.28. The van der Waals surface area contributed by atoms with Gasteiger partial charge in [0.1, 0.15) is 0 Å². The Morgan fingerprint density at radius 2 is 2.10 bits per heavy atom. The number of benzene rings is 1. The second kappa shape index (κ2) is 6.77. The molecule has 1 aromatic carbocycles. The minimum atomic E-state index is -3.47. The van der Waals surface area contributed by atoms with Crippen molar-refractivity contribution in [2.75, 3.05) is 7.05 Å². The van der Waals surface area contributed by atoms with Crippen LogP contribution in [0.15, 0.2) is 27.6 Å². The van der Waals surface area contributed by atoms with E-state index in [2.05, 4.69) is 22.9 Å². The van der Waals surface area contributed by atoms with Gasteiger partial charge in [0.25, 0.3) is 0 Å². The van der Waals surface area contributed by atoms with Crippen molar-refractivity contribution < 1.29 is 8.42 Å². The van der Waals surface area contributed by atoms with Gasteiger partial charge >= 0.3 is 0 Å². The number of rotatable bonds is 4. The molecule has 0 amide bonds. The summed E-state index contributed by atoms with van der Waals surface area (Å²) < 4.78 is 27.8. The summed E-state index contributed by atoms with van der Waals surface area (Å²) in [6.07, 6.45) is 4.17. The van der Waals surface area contributed by atoms with Crippen molar-refractivity contribution in [3.63, 3.8) is 0 Å². The molecule has 6 heteroatoms. The second-order valence-electron chi connectivity index (χ2n) is 5.92. The lowest BCUT2D eigenvalue weighted by molar-refractivity contribution is 0.239. The molecule has 1 saturated carbocycles. The quantitative estimate of drug-likeness (QED) is 0.880. The van der Waals surface area contributed by atoms with Crippen molar-refractivity contribution in [1.82, 2.24) is 4.31 Å². The first-order valence-electron chi connectivity index (χ1n) is 7.32. The molecule has 21 heavy (non-hydrogen) atoms. The first kappa shape index (κ1) is 16.9. The van der Waals surface area contributed by atoms with Crippen LogP contribution in [0.4, 0.5) is 0 Å². The van der Waals surface area contributed by atoms with E-state index in [0.717, 1.165) is 24.8 Å². The van der Waals surface area contributed by atoms with E-state index < -0.39 is 10.0 Å². The fourth-order valence-corrected chi connectivity index (χ4v) is 5.44. The maximum Gasteiger partial charge on any atom is 0.244 e. The molecule has 2 atom stereocenters. The summed E-state index contributed by atoms with van der Waals surface area (Å²) in [5, 5.41) is 0. The number of sulfonamides is 1. The van der Waals surface area contributed by atoms with Gasteiger partial charge in [-0.1, -0.05) is 25.8 Å². The molecule has 0 aromatic heterocycles. The highest BCUT2D eigenvalue weighted by Gasteiger charge is 2.32. The van der Waals surface area contributed by atoms with Crippen LogP contribution in [-0.4, -0.2) is 25.8 Å². The molecule has 2 unspecified atom stereocenters. The van der Waals surface area contributed by atoms with Crippen LogP contribution in [-0.2, 0) is 16.6 Å². The van der Waals surface area contributed by atoms with E-state index in [-0.39, 0.29) is 6.04 Å². The van der Waals surface area contributed by atoms with Gasteiger partial charge in [0.15, 0.2) is 0 Å². The van der Waals surface area contributed by atoms with Crippen molar-refractivity contribution in [3.05, 3.63) is 28.2 Å². The van der Waals surface area contributed by atoms with E-state index in [4.69, 9.17) is 5.73 Å². The third-order valence-corrected chi connectivity index (χ3v) is 7.20. The SMILES string of the molecule is CC1CCCC(N(C)S(=O)(=O)c2ccc(CN)cc2Br)C1. The monoisotopic (exact) mass is 374 g/mol. The minimum Gasteiger partial charge on any atom is -0.326 e. The highest BCUT2D eigenvalue weighted by Crippen LogP contribution is 2.32. The summed E-state index contributed by atoms with van der Waals surface area (Å²) in [6.45, 7) is 2.59. The lowest BCUT2D eigenvalue weighted by atomic mass is 9.87. The molecule has 1 aliphatic carbocycles. The fraction of sp³-hybridized carbons (Fsp3) is 0.600. The van der Waals surface area contributed by atoms with Crippen LogP contribution >= 0.6 is 15.9 Å². The Kier molecular flexibility index (Phi) is 5.46. The number of halogens is 1. The average molecular weight is 375 g/mol. The number of hydrogen-bond acceptors (Lipinski definition) is 3. The normalized spacial score (nSPS) is 23.5. The minimum absolute atomic E-state index is 0.0971. The van der Waals surface area contributed by atoms with Gasteiger partial charge in [0.2, 0.25) is 10.0 Å². The zero-order valence-electron chi connectivity index (χ0n) is 12.5. The Labute approximate surface area is 135 Å². The molecule has 1 aromatic rings. The lowest BCUT2D eigenvalue weighted by Crippen LogP contribution is -2.39. The molecule has 2 N–H and O–H groups in total. The lowest BCUT2D eigenvalue weighted by Gasteiger charge is -2.33. The summed E-state index contributed by atoms with van der Waals surface area (Å²) in [5.41, 5.74) is 6.50. The van der Waals surface area contributed by atoms with Crippen LogP contribution < -0.4 is 5.73 Å². The van der Waals surface area contributed by atoms with Crippen LogP contribution in [0.1, 0.15) is 38.2 Å². The van der Waals surface area contributed by atoms with E-state index >= 15 is 0 Å². The van der Waals surface area contributed by atoms with E-state index in [1.165, 1.54) is 6.42 Å². The summed E-state index contributed by atoms with van der Waals surface area (Å²) in [4.78, 5) is 0.320. The molecule has 0 aliphatic heterocycles. The number of hydrogen-bond donors (Lipinski definition) is 1. The van der Waals surface area contributed by atoms with Crippen LogP contribution in [0, 0.1) is 5.92 Å². The molecule has 0 bridgehead atoms. The van der Waals surface area contributed by atoms with Crippen LogP contribution in [0.2, 0.25) is 0 Å². The standard InChI is InChI=1S/C15H23BrN2O2S/c1-11-4-3-5-13(8-11)18(2)21(19,20)15-7-6-12(10-17)9-14(15)16/h6-7,9,11,13H,3-5,8,10,17H2,1-2H3. The first-order chi connectivity index (χ1) is 9.86. The highest BCUT2D eigenvalue weighted by molar-refractivity contribution is 9.10. The Morgan fingerprint density at radius 1 is 1.38 bits per heavy atom. The second-order valence-corrected chi connectivity index (χ2v) is 8.74. The Bertz CT molecular complexity index is 604. The number of nitrogens with two attached hydrogens (primary N) is 1. The average Bonchev–Trinajstić information content (AvgIpc) is 2.45. The molecule has 0 heterocycles. The summed E-state index contributed by atoms with van der Waals surface area (Å²) >= 11 is 3.37. The van der Waals surface area contributed by atoms with Gasteiger partial charge in [-0.2, -0.15) is 4.31 Å². The first-order valence-corrected chi connectivity index (χ1v) is 9.56. The molecule has 1 aliphatic rings. The van der Waals surface area contributed by atoms with Gasteiger partial charge in [-0.05, 0) is 52.4 Å². The molecule has 2 rings (SSSR count). The summed E-state index contributed by atoms with van der Waals surface area (Å²) in [5.74, 6) is 0.587. The van der Waals surface area contributed by atoms with Crippen molar-refractivity contribution in [1.29, 1.82) is 0 Å². The molecule has 1 fully saturated rings. The highest BCUT2D eigenvalue weighted by atomic mass is 79.9. The summed E-state index contributed by atoms with van der Waals surface area (Å²) in [6, 6.07) is 5.30. The van der Waals surface area contributed by atoms with Crippen LogP contribution in [0.3, 0.4) is 0 Å². The van der Waals surface area contributed by atoms with E-state index in [0.29, 0.717) is 21.8 Å². The van der Waals surface area contributed by atoms with E-state index in [1.54, 1.807) is 29.6 Å².